The molecule has 2 aliphatic rings. The lowest BCUT2D eigenvalue weighted by Gasteiger charge is -2.35. The zero-order valence-electron chi connectivity index (χ0n) is 15.4. The Hall–Kier alpha value is -1.59. The average Bonchev–Trinajstić information content (AvgIpc) is 2.64. The number of carbonyl (C=O) groups excluding carboxylic acids is 1. The first-order valence-electron chi connectivity index (χ1n) is 9.41. The number of aryl methyl sites for hydroxylation is 1. The molecule has 2 aliphatic heterocycles. The van der Waals surface area contributed by atoms with Gasteiger partial charge in [-0.3, -0.25) is 4.79 Å². The Labute approximate surface area is 150 Å². The van der Waals surface area contributed by atoms with Crippen molar-refractivity contribution < 1.29 is 14.3 Å². The first kappa shape index (κ1) is 18.2. The summed E-state index contributed by atoms with van der Waals surface area (Å²) in [6.07, 6.45) is 4.79. The number of amides is 1. The van der Waals surface area contributed by atoms with Gasteiger partial charge >= 0.3 is 0 Å². The van der Waals surface area contributed by atoms with E-state index in [1.807, 2.05) is 30.0 Å². The van der Waals surface area contributed by atoms with Crippen LogP contribution >= 0.6 is 0 Å². The van der Waals surface area contributed by atoms with Gasteiger partial charge in [0, 0.05) is 38.4 Å². The highest BCUT2D eigenvalue weighted by atomic mass is 16.5. The molecule has 2 heterocycles. The van der Waals surface area contributed by atoms with Gasteiger partial charge in [-0.2, -0.15) is 0 Å². The molecule has 0 aromatic heterocycles. The molecular weight excluding hydrogens is 316 g/mol. The second-order valence-electron chi connectivity index (χ2n) is 7.18. The number of hydrogen-bond acceptors (Lipinski definition) is 4. The van der Waals surface area contributed by atoms with Gasteiger partial charge in [0.1, 0.15) is 5.75 Å². The summed E-state index contributed by atoms with van der Waals surface area (Å²) in [5.74, 6) is 1.08. The molecule has 2 saturated heterocycles. The van der Waals surface area contributed by atoms with Crippen molar-refractivity contribution in [3.05, 3.63) is 29.3 Å². The second kappa shape index (κ2) is 8.68. The van der Waals surface area contributed by atoms with Gasteiger partial charge < -0.3 is 19.7 Å². The van der Waals surface area contributed by atoms with E-state index in [9.17, 15) is 4.79 Å². The number of benzene rings is 1. The third-order valence-corrected chi connectivity index (χ3v) is 5.43. The summed E-state index contributed by atoms with van der Waals surface area (Å²) in [5.41, 5.74) is 2.21. The minimum atomic E-state index is 0.234. The molecule has 0 aliphatic carbocycles. The van der Waals surface area contributed by atoms with Gasteiger partial charge in [-0.25, -0.2) is 0 Å². The van der Waals surface area contributed by atoms with Crippen LogP contribution in [0.2, 0.25) is 0 Å². The smallest absolute Gasteiger partial charge is 0.227 e. The van der Waals surface area contributed by atoms with Gasteiger partial charge in [-0.15, -0.1) is 0 Å². The normalized spacial score (nSPS) is 19.8. The molecule has 1 amide bonds. The van der Waals surface area contributed by atoms with Crippen LogP contribution in [-0.4, -0.2) is 56.3 Å². The van der Waals surface area contributed by atoms with E-state index in [0.717, 1.165) is 68.9 Å². The number of carbonyl (C=O) groups is 1. The highest BCUT2D eigenvalue weighted by Crippen LogP contribution is 2.19. The molecule has 3 rings (SSSR count). The first-order valence-corrected chi connectivity index (χ1v) is 9.41. The third kappa shape index (κ3) is 4.95. The summed E-state index contributed by atoms with van der Waals surface area (Å²) >= 11 is 0. The molecule has 2 fully saturated rings. The summed E-state index contributed by atoms with van der Waals surface area (Å²) in [7, 11) is 1.66. The maximum atomic E-state index is 12.6. The summed E-state index contributed by atoms with van der Waals surface area (Å²) < 4.78 is 10.7. The van der Waals surface area contributed by atoms with Crippen LogP contribution in [0.3, 0.4) is 0 Å². The number of ether oxygens (including phenoxy) is 2. The molecule has 0 spiro atoms. The molecule has 5 heteroatoms. The maximum Gasteiger partial charge on any atom is 0.227 e. The van der Waals surface area contributed by atoms with Gasteiger partial charge in [0.25, 0.3) is 0 Å². The number of piperidine rings is 1. The predicted octanol–water partition coefficient (Wildman–Crippen LogP) is 2.31. The Morgan fingerprint density at radius 2 is 1.88 bits per heavy atom. The summed E-state index contributed by atoms with van der Waals surface area (Å²) in [4.78, 5) is 14.6. The summed E-state index contributed by atoms with van der Waals surface area (Å²) in [6, 6.07) is 7.05. The fourth-order valence-electron chi connectivity index (χ4n) is 3.76. The predicted molar refractivity (Wildman–Crippen MR) is 98.0 cm³/mol. The van der Waals surface area contributed by atoms with Gasteiger partial charge in [-0.1, -0.05) is 6.07 Å². The van der Waals surface area contributed by atoms with Crippen LogP contribution in [0.5, 0.6) is 5.75 Å². The fraction of sp³-hybridized carbons (Fsp3) is 0.650. The van der Waals surface area contributed by atoms with Crippen LogP contribution in [0.15, 0.2) is 18.2 Å². The van der Waals surface area contributed by atoms with Crippen molar-refractivity contribution >= 4 is 5.91 Å². The number of hydrogen-bond donors (Lipinski definition) is 1. The quantitative estimate of drug-likeness (QED) is 0.889. The maximum absolute atomic E-state index is 12.6. The highest BCUT2D eigenvalue weighted by Gasteiger charge is 2.25. The van der Waals surface area contributed by atoms with Crippen molar-refractivity contribution in [3.8, 4) is 5.75 Å². The van der Waals surface area contributed by atoms with E-state index in [2.05, 4.69) is 5.32 Å². The monoisotopic (exact) mass is 346 g/mol. The fourth-order valence-corrected chi connectivity index (χ4v) is 3.76. The topological polar surface area (TPSA) is 50.8 Å². The molecule has 1 aromatic carbocycles. The van der Waals surface area contributed by atoms with E-state index in [1.54, 1.807) is 7.11 Å². The Balaban J connectivity index is 1.46. The lowest BCUT2D eigenvalue weighted by molar-refractivity contribution is -0.131. The SMILES string of the molecule is COc1ccc(CC(=O)N2CCC(NC3CCOCC3)CC2)c(C)c1. The van der Waals surface area contributed by atoms with Gasteiger partial charge in [0.2, 0.25) is 5.91 Å². The number of nitrogens with zero attached hydrogens (tertiary/aromatic N) is 1. The van der Waals surface area contributed by atoms with Crippen molar-refractivity contribution in [3.63, 3.8) is 0 Å². The van der Waals surface area contributed by atoms with Crippen LogP contribution < -0.4 is 10.1 Å². The van der Waals surface area contributed by atoms with Crippen LogP contribution in [0.25, 0.3) is 0 Å². The zero-order valence-corrected chi connectivity index (χ0v) is 15.4. The number of nitrogens with one attached hydrogen (secondary N) is 1. The molecule has 0 saturated carbocycles. The lowest BCUT2D eigenvalue weighted by Crippen LogP contribution is -2.49. The van der Waals surface area contributed by atoms with Crippen LogP contribution in [-0.2, 0) is 16.0 Å². The van der Waals surface area contributed by atoms with Crippen molar-refractivity contribution in [2.24, 2.45) is 0 Å². The van der Waals surface area contributed by atoms with Gasteiger partial charge in [-0.05, 0) is 55.9 Å². The molecule has 138 valence electrons. The molecule has 5 nitrogen and oxygen atoms in total. The molecule has 0 bridgehead atoms. The van der Waals surface area contributed by atoms with Crippen molar-refractivity contribution in [2.45, 2.75) is 51.1 Å². The molecular formula is C20H30N2O3. The van der Waals surface area contributed by atoms with Crippen molar-refractivity contribution in [2.75, 3.05) is 33.4 Å². The van der Waals surface area contributed by atoms with Crippen LogP contribution in [0, 0.1) is 6.92 Å². The Kier molecular flexibility index (Phi) is 6.32. The highest BCUT2D eigenvalue weighted by molar-refractivity contribution is 5.79. The van der Waals surface area contributed by atoms with E-state index in [4.69, 9.17) is 9.47 Å². The minimum absolute atomic E-state index is 0.234. The molecule has 0 unspecified atom stereocenters. The zero-order chi connectivity index (χ0) is 17.6. The van der Waals surface area contributed by atoms with Crippen LogP contribution in [0.1, 0.15) is 36.8 Å². The number of rotatable bonds is 5. The first-order chi connectivity index (χ1) is 12.2. The van der Waals surface area contributed by atoms with Gasteiger partial charge in [0.15, 0.2) is 0 Å². The lowest BCUT2D eigenvalue weighted by atomic mass is 10.00. The number of methoxy groups -OCH3 is 1. The Bertz CT molecular complexity index is 576. The minimum Gasteiger partial charge on any atom is -0.497 e. The third-order valence-electron chi connectivity index (χ3n) is 5.43. The second-order valence-corrected chi connectivity index (χ2v) is 7.18. The number of likely N-dealkylation sites (tertiary alicyclic amines) is 1. The molecule has 0 atom stereocenters. The van der Waals surface area contributed by atoms with Gasteiger partial charge in [0.05, 0.1) is 13.5 Å². The summed E-state index contributed by atoms with van der Waals surface area (Å²) in [6.45, 7) is 5.49. The molecule has 25 heavy (non-hydrogen) atoms. The Morgan fingerprint density at radius 3 is 2.52 bits per heavy atom. The van der Waals surface area contributed by atoms with E-state index in [0.29, 0.717) is 18.5 Å². The van der Waals surface area contributed by atoms with Crippen molar-refractivity contribution in [1.82, 2.24) is 10.2 Å². The van der Waals surface area contributed by atoms with E-state index >= 15 is 0 Å². The van der Waals surface area contributed by atoms with Crippen molar-refractivity contribution in [1.29, 1.82) is 0 Å². The van der Waals surface area contributed by atoms with Crippen LogP contribution in [0.4, 0.5) is 0 Å². The van der Waals surface area contributed by atoms with E-state index < -0.39 is 0 Å². The molecule has 0 radical (unpaired) electrons. The molecule has 1 aromatic rings. The summed E-state index contributed by atoms with van der Waals surface area (Å²) in [5, 5.41) is 3.76. The van der Waals surface area contributed by atoms with E-state index in [1.165, 1.54) is 0 Å². The largest absolute Gasteiger partial charge is 0.497 e. The Morgan fingerprint density at radius 1 is 1.20 bits per heavy atom. The van der Waals surface area contributed by atoms with E-state index in [-0.39, 0.29) is 5.91 Å². The average molecular weight is 346 g/mol. The molecule has 1 N–H and O–H groups in total. The standard InChI is InChI=1S/C20H30N2O3/c1-15-13-19(24-2)4-3-16(15)14-20(23)22-9-5-17(6-10-22)21-18-7-11-25-12-8-18/h3-4,13,17-18,21H,5-12,14H2,1-2H3.